The van der Waals surface area contributed by atoms with Crippen LogP contribution >= 0.6 is 0 Å². The summed E-state index contributed by atoms with van der Waals surface area (Å²) in [5.74, 6) is -0.752. The number of amides is 1. The molecule has 0 bridgehead atoms. The van der Waals surface area contributed by atoms with Crippen LogP contribution in [0.15, 0.2) is 54.6 Å². The summed E-state index contributed by atoms with van der Waals surface area (Å²) in [4.78, 5) is 23.7. The number of aliphatic carboxylic acids is 1. The lowest BCUT2D eigenvalue weighted by molar-refractivity contribution is -0.137. The molecule has 2 aromatic rings. The SMILES string of the molecule is O=C(O)CCc1ccc(NC(=O)C2(c3ccccc3)CCCC2)cc1. The maximum atomic E-state index is 13.0. The average Bonchev–Trinajstić information content (AvgIpc) is 3.13. The van der Waals surface area contributed by atoms with Gasteiger partial charge in [-0.1, -0.05) is 55.3 Å². The van der Waals surface area contributed by atoms with Crippen LogP contribution in [-0.2, 0) is 21.4 Å². The second-order valence-corrected chi connectivity index (χ2v) is 6.70. The van der Waals surface area contributed by atoms with Gasteiger partial charge in [0.1, 0.15) is 0 Å². The molecule has 1 aliphatic rings. The lowest BCUT2D eigenvalue weighted by Crippen LogP contribution is -2.37. The fourth-order valence-electron chi connectivity index (χ4n) is 3.64. The zero-order valence-electron chi connectivity index (χ0n) is 14.2. The Hall–Kier alpha value is -2.62. The Morgan fingerprint density at radius 3 is 2.20 bits per heavy atom. The van der Waals surface area contributed by atoms with Crippen LogP contribution in [0.1, 0.15) is 43.2 Å². The summed E-state index contributed by atoms with van der Waals surface area (Å²) >= 11 is 0. The van der Waals surface area contributed by atoms with Gasteiger partial charge in [0, 0.05) is 12.1 Å². The third-order valence-corrected chi connectivity index (χ3v) is 5.06. The summed E-state index contributed by atoms with van der Waals surface area (Å²) in [6.07, 6.45) is 4.49. The first kappa shape index (κ1) is 17.2. The number of benzene rings is 2. The highest BCUT2D eigenvalue weighted by Crippen LogP contribution is 2.42. The van der Waals surface area contributed by atoms with Gasteiger partial charge in [-0.3, -0.25) is 9.59 Å². The second-order valence-electron chi connectivity index (χ2n) is 6.70. The summed E-state index contributed by atoms with van der Waals surface area (Å²) in [5, 5.41) is 11.8. The molecule has 25 heavy (non-hydrogen) atoms. The van der Waals surface area contributed by atoms with Gasteiger partial charge in [-0.2, -0.15) is 0 Å². The number of carboxylic acid groups (broad SMARTS) is 1. The molecular weight excluding hydrogens is 314 g/mol. The molecule has 1 amide bonds. The van der Waals surface area contributed by atoms with Crippen LogP contribution in [0.5, 0.6) is 0 Å². The molecule has 0 aliphatic heterocycles. The summed E-state index contributed by atoms with van der Waals surface area (Å²) in [5.41, 5.74) is 2.36. The first-order valence-corrected chi connectivity index (χ1v) is 8.78. The molecule has 3 rings (SSSR count). The third-order valence-electron chi connectivity index (χ3n) is 5.06. The molecular formula is C21H23NO3. The molecule has 2 N–H and O–H groups in total. The maximum Gasteiger partial charge on any atom is 0.303 e. The monoisotopic (exact) mass is 337 g/mol. The lowest BCUT2D eigenvalue weighted by atomic mass is 9.78. The Morgan fingerprint density at radius 1 is 0.960 bits per heavy atom. The molecule has 0 spiro atoms. The summed E-state index contributed by atoms with van der Waals surface area (Å²) < 4.78 is 0. The predicted octanol–water partition coefficient (Wildman–Crippen LogP) is 4.15. The number of hydrogen-bond acceptors (Lipinski definition) is 2. The van der Waals surface area contributed by atoms with Crippen LogP contribution in [0.25, 0.3) is 0 Å². The Morgan fingerprint density at radius 2 is 1.60 bits per heavy atom. The number of aryl methyl sites for hydroxylation is 1. The normalized spacial score (nSPS) is 15.7. The van der Waals surface area contributed by atoms with E-state index >= 15 is 0 Å². The molecule has 2 aromatic carbocycles. The standard InChI is InChI=1S/C21H23NO3/c23-19(24)13-10-16-8-11-18(12-9-16)22-20(25)21(14-4-5-15-21)17-6-2-1-3-7-17/h1-3,6-9,11-12H,4-5,10,13-15H2,(H,22,25)(H,23,24). The molecule has 1 saturated carbocycles. The Kier molecular flexibility index (Phi) is 5.17. The fourth-order valence-corrected chi connectivity index (χ4v) is 3.64. The van der Waals surface area contributed by atoms with Crippen molar-refractivity contribution < 1.29 is 14.7 Å². The van der Waals surface area contributed by atoms with E-state index in [0.717, 1.165) is 42.5 Å². The van der Waals surface area contributed by atoms with Gasteiger partial charge in [0.15, 0.2) is 0 Å². The molecule has 0 aromatic heterocycles. The minimum atomic E-state index is -0.802. The third kappa shape index (κ3) is 3.90. The number of carbonyl (C=O) groups is 2. The highest BCUT2D eigenvalue weighted by molar-refractivity contribution is 5.99. The van der Waals surface area contributed by atoms with Crippen LogP contribution < -0.4 is 5.32 Å². The highest BCUT2D eigenvalue weighted by Gasteiger charge is 2.42. The van der Waals surface area contributed by atoms with Crippen LogP contribution in [0.3, 0.4) is 0 Å². The Bertz CT molecular complexity index is 731. The van der Waals surface area contributed by atoms with E-state index in [1.54, 1.807) is 0 Å². The quantitative estimate of drug-likeness (QED) is 0.832. The predicted molar refractivity (Wildman–Crippen MR) is 97.6 cm³/mol. The molecule has 130 valence electrons. The molecule has 1 aliphatic carbocycles. The van der Waals surface area contributed by atoms with Crippen molar-refractivity contribution >= 4 is 17.6 Å². The van der Waals surface area contributed by atoms with Gasteiger partial charge < -0.3 is 10.4 Å². The van der Waals surface area contributed by atoms with Gasteiger partial charge in [-0.25, -0.2) is 0 Å². The molecule has 4 heteroatoms. The molecule has 4 nitrogen and oxygen atoms in total. The van der Waals surface area contributed by atoms with Crippen molar-refractivity contribution in [2.45, 2.75) is 43.9 Å². The van der Waals surface area contributed by atoms with Crippen LogP contribution in [0.4, 0.5) is 5.69 Å². The van der Waals surface area contributed by atoms with Gasteiger partial charge in [-0.05, 0) is 42.5 Å². The topological polar surface area (TPSA) is 66.4 Å². The first-order chi connectivity index (χ1) is 12.1. The molecule has 0 radical (unpaired) electrons. The largest absolute Gasteiger partial charge is 0.481 e. The van der Waals surface area contributed by atoms with E-state index in [0.29, 0.717) is 6.42 Å². The van der Waals surface area contributed by atoms with Crippen molar-refractivity contribution in [1.82, 2.24) is 0 Å². The second kappa shape index (κ2) is 7.51. The Labute approximate surface area is 147 Å². The van der Waals surface area contributed by atoms with Gasteiger partial charge >= 0.3 is 5.97 Å². The zero-order valence-corrected chi connectivity index (χ0v) is 14.2. The van der Waals surface area contributed by atoms with Gasteiger partial charge in [0.2, 0.25) is 5.91 Å². The number of hydrogen-bond donors (Lipinski definition) is 2. The van der Waals surface area contributed by atoms with Crippen molar-refractivity contribution in [3.05, 3.63) is 65.7 Å². The minimum Gasteiger partial charge on any atom is -0.481 e. The lowest BCUT2D eigenvalue weighted by Gasteiger charge is -2.28. The van der Waals surface area contributed by atoms with Crippen LogP contribution in [0, 0.1) is 0 Å². The molecule has 0 saturated heterocycles. The summed E-state index contributed by atoms with van der Waals surface area (Å²) in [6.45, 7) is 0. The summed E-state index contributed by atoms with van der Waals surface area (Å²) in [6, 6.07) is 17.5. The fraction of sp³-hybridized carbons (Fsp3) is 0.333. The van der Waals surface area contributed by atoms with Crippen molar-refractivity contribution in [1.29, 1.82) is 0 Å². The number of carbonyl (C=O) groups excluding carboxylic acids is 1. The van der Waals surface area contributed by atoms with Gasteiger partial charge in [-0.15, -0.1) is 0 Å². The van der Waals surface area contributed by atoms with E-state index in [-0.39, 0.29) is 12.3 Å². The average molecular weight is 337 g/mol. The van der Waals surface area contributed by atoms with E-state index in [4.69, 9.17) is 5.11 Å². The molecule has 0 unspecified atom stereocenters. The number of nitrogens with one attached hydrogen (secondary N) is 1. The Balaban J connectivity index is 1.73. The number of rotatable bonds is 6. The van der Waals surface area contributed by atoms with Crippen molar-refractivity contribution in [2.75, 3.05) is 5.32 Å². The van der Waals surface area contributed by atoms with Gasteiger partial charge in [0.25, 0.3) is 0 Å². The van der Waals surface area contributed by atoms with Crippen LogP contribution in [-0.4, -0.2) is 17.0 Å². The highest BCUT2D eigenvalue weighted by atomic mass is 16.4. The van der Waals surface area contributed by atoms with Crippen LogP contribution in [0.2, 0.25) is 0 Å². The van der Waals surface area contributed by atoms with Crippen molar-refractivity contribution in [2.24, 2.45) is 0 Å². The minimum absolute atomic E-state index is 0.0504. The summed E-state index contributed by atoms with van der Waals surface area (Å²) in [7, 11) is 0. The van der Waals surface area contributed by atoms with Gasteiger partial charge in [0.05, 0.1) is 5.41 Å². The first-order valence-electron chi connectivity index (χ1n) is 8.78. The molecule has 0 atom stereocenters. The molecule has 1 fully saturated rings. The van der Waals surface area contributed by atoms with E-state index in [1.807, 2.05) is 54.6 Å². The van der Waals surface area contributed by atoms with E-state index in [1.165, 1.54) is 0 Å². The van der Waals surface area contributed by atoms with Crippen molar-refractivity contribution in [3.63, 3.8) is 0 Å². The van der Waals surface area contributed by atoms with E-state index in [2.05, 4.69) is 5.32 Å². The smallest absolute Gasteiger partial charge is 0.303 e. The molecule has 0 heterocycles. The zero-order chi connectivity index (χ0) is 17.7. The van der Waals surface area contributed by atoms with Crippen molar-refractivity contribution in [3.8, 4) is 0 Å². The maximum absolute atomic E-state index is 13.0. The number of carboxylic acids is 1. The van der Waals surface area contributed by atoms with E-state index < -0.39 is 11.4 Å². The number of anilines is 1. The van der Waals surface area contributed by atoms with E-state index in [9.17, 15) is 9.59 Å².